The van der Waals surface area contributed by atoms with Crippen molar-refractivity contribution >= 4 is 11.4 Å². The van der Waals surface area contributed by atoms with Crippen molar-refractivity contribution in [2.45, 2.75) is 6.42 Å². The Morgan fingerprint density at radius 3 is 2.79 bits per heavy atom. The molecule has 1 unspecified atom stereocenters. The largest absolute Gasteiger partial charge is 0.491 e. The lowest BCUT2D eigenvalue weighted by molar-refractivity contribution is 0.0321. The first-order valence-corrected chi connectivity index (χ1v) is 12.1. The summed E-state index contributed by atoms with van der Waals surface area (Å²) in [4.78, 5) is 22.4. The molecule has 1 amide bonds. The number of carbonyl (C=O) groups excluding carboxylic acids is 1. The van der Waals surface area contributed by atoms with Crippen LogP contribution in [-0.4, -0.2) is 90.8 Å². The molecule has 0 N–H and O–H groups in total. The second-order valence-electron chi connectivity index (χ2n) is 8.87. The zero-order valence-electron chi connectivity index (χ0n) is 19.5. The van der Waals surface area contributed by atoms with Gasteiger partial charge >= 0.3 is 0 Å². The molecule has 4 heterocycles. The second kappa shape index (κ2) is 11.0. The summed E-state index contributed by atoms with van der Waals surface area (Å²) < 4.78 is 19.4. The van der Waals surface area contributed by atoms with Crippen LogP contribution in [0.5, 0.6) is 5.75 Å². The van der Waals surface area contributed by atoms with Crippen LogP contribution in [0.25, 0.3) is 5.52 Å². The highest BCUT2D eigenvalue weighted by molar-refractivity contribution is 5.97. The quantitative estimate of drug-likeness (QED) is 0.535. The molecule has 3 aromatic rings. The number of hydrogen-bond acceptors (Lipinski definition) is 6. The van der Waals surface area contributed by atoms with E-state index in [2.05, 4.69) is 20.4 Å². The molecule has 1 aromatic carbocycles. The monoisotopic (exact) mass is 464 g/mol. The number of ether oxygens (including phenoxy) is 3. The maximum Gasteiger partial charge on any atom is 0.257 e. The predicted molar refractivity (Wildman–Crippen MR) is 128 cm³/mol. The van der Waals surface area contributed by atoms with Crippen LogP contribution in [0.15, 0.2) is 55.0 Å². The van der Waals surface area contributed by atoms with Gasteiger partial charge in [0.15, 0.2) is 0 Å². The van der Waals surface area contributed by atoms with Gasteiger partial charge in [0, 0.05) is 57.2 Å². The van der Waals surface area contributed by atoms with Gasteiger partial charge in [-0.2, -0.15) is 0 Å². The summed E-state index contributed by atoms with van der Waals surface area (Å²) in [6.07, 6.45) is 6.56. The first-order chi connectivity index (χ1) is 16.8. The number of para-hydroxylation sites is 1. The molecule has 0 saturated carbocycles. The summed E-state index contributed by atoms with van der Waals surface area (Å²) in [6, 6.07) is 11.7. The van der Waals surface area contributed by atoms with Gasteiger partial charge in [-0.05, 0) is 30.7 Å². The van der Waals surface area contributed by atoms with E-state index in [4.69, 9.17) is 14.2 Å². The van der Waals surface area contributed by atoms with Gasteiger partial charge in [-0.1, -0.05) is 12.1 Å². The third-order valence-corrected chi connectivity index (χ3v) is 6.53. The Morgan fingerprint density at radius 1 is 1.03 bits per heavy atom. The molecular weight excluding hydrogens is 432 g/mol. The van der Waals surface area contributed by atoms with E-state index < -0.39 is 0 Å². The minimum absolute atomic E-state index is 0.00803. The van der Waals surface area contributed by atoms with Gasteiger partial charge in [0.05, 0.1) is 43.2 Å². The summed E-state index contributed by atoms with van der Waals surface area (Å²) in [7, 11) is 0. The van der Waals surface area contributed by atoms with Gasteiger partial charge < -0.3 is 23.5 Å². The SMILES string of the molecule is O=C(c1ccccc1OCCN1CCOCC1)N1CCOCC(Cc2nccn3cccc23)C1. The Labute approximate surface area is 200 Å². The molecule has 0 radical (unpaired) electrons. The molecule has 0 spiro atoms. The number of carbonyl (C=O) groups is 1. The summed E-state index contributed by atoms with van der Waals surface area (Å²) in [5.74, 6) is 0.808. The molecule has 1 atom stereocenters. The number of amides is 1. The smallest absolute Gasteiger partial charge is 0.257 e. The molecule has 5 rings (SSSR count). The Bertz CT molecular complexity index is 1100. The number of fused-ring (bicyclic) bond motifs is 1. The number of nitrogens with zero attached hydrogens (tertiary/aromatic N) is 4. The van der Waals surface area contributed by atoms with Crippen LogP contribution in [0, 0.1) is 5.92 Å². The van der Waals surface area contributed by atoms with Gasteiger partial charge in [-0.3, -0.25) is 14.7 Å². The topological polar surface area (TPSA) is 68.5 Å². The average Bonchev–Trinajstić information content (AvgIpc) is 3.24. The lowest BCUT2D eigenvalue weighted by Gasteiger charge is -2.27. The highest BCUT2D eigenvalue weighted by Gasteiger charge is 2.26. The summed E-state index contributed by atoms with van der Waals surface area (Å²) >= 11 is 0. The highest BCUT2D eigenvalue weighted by atomic mass is 16.5. The first kappa shape index (κ1) is 22.8. The molecule has 2 saturated heterocycles. The maximum atomic E-state index is 13.6. The van der Waals surface area contributed by atoms with Crippen LogP contribution < -0.4 is 4.74 Å². The van der Waals surface area contributed by atoms with E-state index in [0.29, 0.717) is 44.2 Å². The van der Waals surface area contributed by atoms with E-state index in [0.717, 1.165) is 50.5 Å². The van der Waals surface area contributed by atoms with Crippen molar-refractivity contribution < 1.29 is 19.0 Å². The summed E-state index contributed by atoms with van der Waals surface area (Å²) in [5.41, 5.74) is 2.74. The van der Waals surface area contributed by atoms with E-state index >= 15 is 0 Å². The van der Waals surface area contributed by atoms with Crippen LogP contribution >= 0.6 is 0 Å². The van der Waals surface area contributed by atoms with E-state index in [-0.39, 0.29) is 11.8 Å². The first-order valence-electron chi connectivity index (χ1n) is 12.1. The van der Waals surface area contributed by atoms with Crippen molar-refractivity contribution in [3.05, 3.63) is 66.2 Å². The van der Waals surface area contributed by atoms with Gasteiger partial charge in [0.25, 0.3) is 5.91 Å². The average molecular weight is 465 g/mol. The molecular formula is C26H32N4O4. The third-order valence-electron chi connectivity index (χ3n) is 6.53. The van der Waals surface area contributed by atoms with Crippen LogP contribution in [0.4, 0.5) is 0 Å². The van der Waals surface area contributed by atoms with E-state index in [1.165, 1.54) is 0 Å². The van der Waals surface area contributed by atoms with Crippen molar-refractivity contribution in [3.63, 3.8) is 0 Å². The molecule has 0 aliphatic carbocycles. The van der Waals surface area contributed by atoms with Gasteiger partial charge in [-0.25, -0.2) is 0 Å². The Hall–Kier alpha value is -2.94. The van der Waals surface area contributed by atoms with Gasteiger partial charge in [-0.15, -0.1) is 0 Å². The second-order valence-corrected chi connectivity index (χ2v) is 8.87. The van der Waals surface area contributed by atoms with Gasteiger partial charge in [0.2, 0.25) is 0 Å². The number of morpholine rings is 1. The van der Waals surface area contributed by atoms with Crippen molar-refractivity contribution in [1.29, 1.82) is 0 Å². The fraction of sp³-hybridized carbons (Fsp3) is 0.462. The Morgan fingerprint density at radius 2 is 1.88 bits per heavy atom. The fourth-order valence-electron chi connectivity index (χ4n) is 4.70. The molecule has 8 heteroatoms. The molecule has 8 nitrogen and oxygen atoms in total. The number of hydrogen-bond donors (Lipinski definition) is 0. The molecule has 0 bridgehead atoms. The van der Waals surface area contributed by atoms with E-state index in [9.17, 15) is 4.79 Å². The van der Waals surface area contributed by atoms with E-state index in [1.54, 1.807) is 0 Å². The normalized spacial score (nSPS) is 19.8. The van der Waals surface area contributed by atoms with Crippen LogP contribution in [0.3, 0.4) is 0 Å². The fourth-order valence-corrected chi connectivity index (χ4v) is 4.70. The number of benzene rings is 1. The maximum absolute atomic E-state index is 13.6. The lowest BCUT2D eigenvalue weighted by atomic mass is 10.0. The predicted octanol–water partition coefficient (Wildman–Crippen LogP) is 2.38. The highest BCUT2D eigenvalue weighted by Crippen LogP contribution is 2.23. The van der Waals surface area contributed by atoms with Crippen LogP contribution in [0.2, 0.25) is 0 Å². The molecule has 2 aliphatic rings. The molecule has 2 aromatic heterocycles. The number of rotatable bonds is 7. The summed E-state index contributed by atoms with van der Waals surface area (Å²) in [5, 5.41) is 0. The van der Waals surface area contributed by atoms with Crippen LogP contribution in [-0.2, 0) is 15.9 Å². The van der Waals surface area contributed by atoms with Crippen molar-refractivity contribution in [1.82, 2.24) is 19.2 Å². The van der Waals surface area contributed by atoms with Crippen molar-refractivity contribution in [2.24, 2.45) is 5.92 Å². The number of aromatic nitrogens is 2. The standard InChI is InChI=1S/C26H32N4O4/c31-26(22-4-1-2-6-25(22)34-17-12-28-10-14-32-15-11-28)30-13-16-33-20-21(19-30)18-23-24-5-3-8-29(24)9-7-27-23/h1-9,21H,10-20H2. The minimum Gasteiger partial charge on any atom is -0.491 e. The minimum atomic E-state index is -0.00803. The Kier molecular flexibility index (Phi) is 7.38. The molecule has 2 fully saturated rings. The molecule has 180 valence electrons. The van der Waals surface area contributed by atoms with Crippen molar-refractivity contribution in [3.8, 4) is 5.75 Å². The van der Waals surface area contributed by atoms with E-state index in [1.807, 2.05) is 53.8 Å². The molecule has 2 aliphatic heterocycles. The van der Waals surface area contributed by atoms with Crippen molar-refractivity contribution in [2.75, 3.05) is 65.8 Å². The lowest BCUT2D eigenvalue weighted by Crippen LogP contribution is -2.39. The Balaban J connectivity index is 1.24. The third kappa shape index (κ3) is 5.41. The zero-order chi connectivity index (χ0) is 23.2. The molecule has 34 heavy (non-hydrogen) atoms. The van der Waals surface area contributed by atoms with Crippen LogP contribution in [0.1, 0.15) is 16.1 Å². The zero-order valence-corrected chi connectivity index (χ0v) is 19.5. The summed E-state index contributed by atoms with van der Waals surface area (Å²) in [6.45, 7) is 7.09. The van der Waals surface area contributed by atoms with Gasteiger partial charge in [0.1, 0.15) is 12.4 Å².